The Morgan fingerprint density at radius 1 is 1.34 bits per heavy atom. The van der Waals surface area contributed by atoms with Crippen molar-refractivity contribution in [2.45, 2.75) is 65.6 Å². The van der Waals surface area contributed by atoms with Gasteiger partial charge in [0.15, 0.2) is 0 Å². The molecular formula is C23H34N4OS. The summed E-state index contributed by atoms with van der Waals surface area (Å²) in [5.41, 5.74) is 11.6. The van der Waals surface area contributed by atoms with Gasteiger partial charge >= 0.3 is 0 Å². The molecule has 3 N–H and O–H groups in total. The molecule has 2 heterocycles. The third-order valence-electron chi connectivity index (χ3n) is 5.99. The van der Waals surface area contributed by atoms with Gasteiger partial charge in [0, 0.05) is 12.6 Å². The molecule has 1 aliphatic heterocycles. The average Bonchev–Trinajstić information content (AvgIpc) is 3.30. The molecular weight excluding hydrogens is 380 g/mol. The predicted octanol–water partition coefficient (Wildman–Crippen LogP) is 4.13. The van der Waals surface area contributed by atoms with Crippen molar-refractivity contribution in [2.75, 3.05) is 13.1 Å². The van der Waals surface area contributed by atoms with E-state index in [0.717, 1.165) is 37.2 Å². The first kappa shape index (κ1) is 21.9. The first-order valence-corrected chi connectivity index (χ1v) is 11.3. The number of nitrogens with one attached hydrogen (secondary N) is 1. The van der Waals surface area contributed by atoms with Crippen molar-refractivity contribution < 1.29 is 4.79 Å². The Morgan fingerprint density at radius 3 is 2.62 bits per heavy atom. The largest absolute Gasteiger partial charge is 0.348 e. The molecule has 2 aromatic rings. The molecule has 0 aliphatic carbocycles. The van der Waals surface area contributed by atoms with E-state index in [1.165, 1.54) is 10.4 Å². The third kappa shape index (κ3) is 5.24. The summed E-state index contributed by atoms with van der Waals surface area (Å²) in [6.45, 7) is 12.2. The summed E-state index contributed by atoms with van der Waals surface area (Å²) in [4.78, 5) is 20.7. The summed E-state index contributed by atoms with van der Waals surface area (Å²) in [5.74, 6) is 0.110. The van der Waals surface area contributed by atoms with Gasteiger partial charge in [0.1, 0.15) is 0 Å². The topological polar surface area (TPSA) is 71.2 Å². The number of benzene rings is 1. The van der Waals surface area contributed by atoms with Crippen molar-refractivity contribution in [1.29, 1.82) is 0 Å². The van der Waals surface area contributed by atoms with E-state index >= 15 is 0 Å². The number of nitrogens with two attached hydrogens (primary N) is 1. The van der Waals surface area contributed by atoms with E-state index in [9.17, 15) is 4.79 Å². The molecule has 158 valence electrons. The molecule has 3 rings (SSSR count). The summed E-state index contributed by atoms with van der Waals surface area (Å²) in [5, 5.41) is 3.21. The number of aromatic nitrogens is 1. The monoisotopic (exact) mass is 414 g/mol. The van der Waals surface area contributed by atoms with Gasteiger partial charge in [-0.15, -0.1) is 11.3 Å². The highest BCUT2D eigenvalue weighted by molar-refractivity contribution is 7.13. The normalized spacial score (nSPS) is 19.9. The van der Waals surface area contributed by atoms with Gasteiger partial charge in [0.2, 0.25) is 5.91 Å². The van der Waals surface area contributed by atoms with Crippen molar-refractivity contribution in [3.63, 3.8) is 0 Å². The fourth-order valence-corrected chi connectivity index (χ4v) is 4.57. The molecule has 0 bridgehead atoms. The molecule has 5 nitrogen and oxygen atoms in total. The van der Waals surface area contributed by atoms with Crippen LogP contribution in [0.4, 0.5) is 0 Å². The van der Waals surface area contributed by atoms with Gasteiger partial charge in [-0.25, -0.2) is 4.98 Å². The zero-order chi connectivity index (χ0) is 21.2. The molecule has 29 heavy (non-hydrogen) atoms. The number of hydrogen-bond acceptors (Lipinski definition) is 5. The molecule has 1 aromatic heterocycles. The van der Waals surface area contributed by atoms with E-state index in [-0.39, 0.29) is 29.4 Å². The van der Waals surface area contributed by atoms with Crippen molar-refractivity contribution in [2.24, 2.45) is 11.1 Å². The number of amides is 1. The van der Waals surface area contributed by atoms with Crippen molar-refractivity contribution in [3.8, 4) is 10.4 Å². The Morgan fingerprint density at radius 2 is 2.03 bits per heavy atom. The average molecular weight is 415 g/mol. The minimum Gasteiger partial charge on any atom is -0.348 e. The molecule has 1 aromatic carbocycles. The van der Waals surface area contributed by atoms with E-state index < -0.39 is 0 Å². The van der Waals surface area contributed by atoms with Gasteiger partial charge in [0.25, 0.3) is 0 Å². The van der Waals surface area contributed by atoms with Gasteiger partial charge in [0.05, 0.1) is 28.2 Å². The summed E-state index contributed by atoms with van der Waals surface area (Å²) in [6.07, 6.45) is 1.95. The smallest absolute Gasteiger partial charge is 0.237 e. The van der Waals surface area contributed by atoms with Gasteiger partial charge in [-0.2, -0.15) is 0 Å². The Bertz CT molecular complexity index is 824. The third-order valence-corrected chi connectivity index (χ3v) is 6.96. The number of carbonyl (C=O) groups excluding carboxylic acids is 1. The highest BCUT2D eigenvalue weighted by Crippen LogP contribution is 2.28. The van der Waals surface area contributed by atoms with Crippen LogP contribution in [0.5, 0.6) is 0 Å². The van der Waals surface area contributed by atoms with Crippen LogP contribution in [-0.2, 0) is 4.79 Å². The molecule has 0 spiro atoms. The molecule has 1 saturated heterocycles. The number of likely N-dealkylation sites (tertiary alicyclic amines) is 1. The van der Waals surface area contributed by atoms with Crippen LogP contribution < -0.4 is 11.1 Å². The maximum atomic E-state index is 13.0. The molecule has 0 unspecified atom stereocenters. The van der Waals surface area contributed by atoms with E-state index in [4.69, 9.17) is 5.73 Å². The van der Waals surface area contributed by atoms with Gasteiger partial charge in [-0.05, 0) is 49.8 Å². The van der Waals surface area contributed by atoms with Crippen LogP contribution in [0.25, 0.3) is 10.4 Å². The minimum atomic E-state index is -0.0787. The number of hydrogen-bond donors (Lipinski definition) is 2. The van der Waals surface area contributed by atoms with E-state index in [2.05, 4.69) is 60.2 Å². The fourth-order valence-electron chi connectivity index (χ4n) is 3.76. The number of rotatable bonds is 6. The van der Waals surface area contributed by atoms with Gasteiger partial charge in [-0.1, -0.05) is 45.0 Å². The van der Waals surface area contributed by atoms with Crippen molar-refractivity contribution in [3.05, 3.63) is 41.0 Å². The lowest BCUT2D eigenvalue weighted by Crippen LogP contribution is -2.51. The SMILES string of the molecule is Cc1ncsc1-c1ccc([C@H](C)NC(=O)[C@@H]2CCCN2C[C@@H](N)C(C)(C)C)cc1. The quantitative estimate of drug-likeness (QED) is 0.745. The number of nitrogens with zero attached hydrogens (tertiary/aromatic N) is 2. The van der Waals surface area contributed by atoms with E-state index in [1.807, 2.05) is 19.4 Å². The van der Waals surface area contributed by atoms with Gasteiger partial charge in [-0.3, -0.25) is 9.69 Å². The lowest BCUT2D eigenvalue weighted by Gasteiger charge is -2.33. The first-order valence-electron chi connectivity index (χ1n) is 10.5. The summed E-state index contributed by atoms with van der Waals surface area (Å²) < 4.78 is 0. The highest BCUT2D eigenvalue weighted by atomic mass is 32.1. The fraction of sp³-hybridized carbons (Fsp3) is 0.565. The lowest BCUT2D eigenvalue weighted by molar-refractivity contribution is -0.126. The Kier molecular flexibility index (Phi) is 6.76. The maximum Gasteiger partial charge on any atom is 0.237 e. The van der Waals surface area contributed by atoms with Crippen LogP contribution >= 0.6 is 11.3 Å². The molecule has 1 amide bonds. The molecule has 6 heteroatoms. The van der Waals surface area contributed by atoms with Crippen LogP contribution in [-0.4, -0.2) is 41.0 Å². The van der Waals surface area contributed by atoms with Crippen molar-refractivity contribution >= 4 is 17.2 Å². The Labute approximate surface area is 178 Å². The van der Waals surface area contributed by atoms with Crippen LogP contribution in [0, 0.1) is 12.3 Å². The standard InChI is InChI=1S/C23H34N4OS/c1-15(17-8-10-18(11-9-17)21-16(2)25-14-29-21)26-22(28)19-7-6-12-27(19)13-20(24)23(3,4)5/h8-11,14-15,19-20H,6-7,12-13,24H2,1-5H3,(H,26,28)/t15-,19-,20+/m0/s1. The van der Waals surface area contributed by atoms with E-state index in [0.29, 0.717) is 0 Å². The van der Waals surface area contributed by atoms with Crippen LogP contribution in [0.2, 0.25) is 0 Å². The van der Waals surface area contributed by atoms with E-state index in [1.54, 1.807) is 11.3 Å². The molecule has 1 fully saturated rings. The summed E-state index contributed by atoms with van der Waals surface area (Å²) in [6, 6.07) is 8.37. The van der Waals surface area contributed by atoms with Crippen LogP contribution in [0.3, 0.4) is 0 Å². The lowest BCUT2D eigenvalue weighted by atomic mass is 9.87. The summed E-state index contributed by atoms with van der Waals surface area (Å²) >= 11 is 1.65. The summed E-state index contributed by atoms with van der Waals surface area (Å²) in [7, 11) is 0. The minimum absolute atomic E-state index is 0.0298. The first-order chi connectivity index (χ1) is 13.7. The van der Waals surface area contributed by atoms with Crippen molar-refractivity contribution in [1.82, 2.24) is 15.2 Å². The van der Waals surface area contributed by atoms with Gasteiger partial charge < -0.3 is 11.1 Å². The Hall–Kier alpha value is -1.76. The zero-order valence-corrected chi connectivity index (χ0v) is 19.1. The number of aryl methyl sites for hydroxylation is 1. The molecule has 0 radical (unpaired) electrons. The zero-order valence-electron chi connectivity index (χ0n) is 18.2. The second kappa shape index (κ2) is 8.94. The number of thiazole rings is 1. The second-order valence-corrected chi connectivity index (χ2v) is 10.1. The molecule has 1 aliphatic rings. The second-order valence-electron chi connectivity index (χ2n) is 9.24. The maximum absolute atomic E-state index is 13.0. The van der Waals surface area contributed by atoms with Crippen LogP contribution in [0.15, 0.2) is 29.8 Å². The Balaban J connectivity index is 1.61. The highest BCUT2D eigenvalue weighted by Gasteiger charge is 2.34. The molecule has 3 atom stereocenters. The predicted molar refractivity (Wildman–Crippen MR) is 121 cm³/mol. The van der Waals surface area contributed by atoms with Crippen LogP contribution in [0.1, 0.15) is 57.8 Å². The molecule has 0 saturated carbocycles. The number of carbonyl (C=O) groups is 1.